The van der Waals surface area contributed by atoms with Crippen molar-refractivity contribution in [3.8, 4) is 5.75 Å². The van der Waals surface area contributed by atoms with Crippen molar-refractivity contribution in [2.75, 3.05) is 45.2 Å². The van der Waals surface area contributed by atoms with Gasteiger partial charge in [-0.3, -0.25) is 0 Å². The number of urea groups is 1. The fourth-order valence-corrected chi connectivity index (χ4v) is 3.40. The molecule has 1 aromatic rings. The van der Waals surface area contributed by atoms with Crippen molar-refractivity contribution in [2.24, 2.45) is 5.92 Å². The van der Waals surface area contributed by atoms with Crippen LogP contribution in [0.25, 0.3) is 0 Å². The number of anilines is 1. The summed E-state index contributed by atoms with van der Waals surface area (Å²) in [6.07, 6.45) is 3.77. The summed E-state index contributed by atoms with van der Waals surface area (Å²) in [4.78, 5) is 16.8. The topological polar surface area (TPSA) is 44.8 Å². The van der Waals surface area contributed by atoms with E-state index >= 15 is 0 Å². The fourth-order valence-electron chi connectivity index (χ4n) is 3.40. The van der Waals surface area contributed by atoms with Crippen LogP contribution in [0.4, 0.5) is 10.5 Å². The van der Waals surface area contributed by atoms with Crippen LogP contribution in [0.1, 0.15) is 19.3 Å². The van der Waals surface area contributed by atoms with Crippen LogP contribution in [0.2, 0.25) is 0 Å². The highest BCUT2D eigenvalue weighted by Gasteiger charge is 2.28. The summed E-state index contributed by atoms with van der Waals surface area (Å²) < 4.78 is 5.18. The molecule has 0 aliphatic carbocycles. The van der Waals surface area contributed by atoms with Crippen molar-refractivity contribution in [1.82, 2.24) is 9.80 Å². The Kier molecular flexibility index (Phi) is 4.83. The van der Waals surface area contributed by atoms with Gasteiger partial charge in [0.05, 0.1) is 7.11 Å². The number of hydrogen-bond acceptors (Lipinski definition) is 3. The van der Waals surface area contributed by atoms with E-state index in [1.54, 1.807) is 7.11 Å². The maximum Gasteiger partial charge on any atom is 0.321 e. The average Bonchev–Trinajstić information content (AvgIpc) is 3.20. The first-order valence-corrected chi connectivity index (χ1v) is 8.17. The third-order valence-electron chi connectivity index (χ3n) is 4.61. The molecule has 0 saturated carbocycles. The van der Waals surface area contributed by atoms with Crippen molar-refractivity contribution in [1.29, 1.82) is 0 Å². The Morgan fingerprint density at radius 3 is 2.91 bits per heavy atom. The molecule has 2 fully saturated rings. The van der Waals surface area contributed by atoms with E-state index in [1.807, 2.05) is 29.2 Å². The van der Waals surface area contributed by atoms with Gasteiger partial charge in [0, 0.05) is 31.4 Å². The van der Waals surface area contributed by atoms with Crippen LogP contribution < -0.4 is 10.1 Å². The minimum atomic E-state index is -0.00262. The lowest BCUT2D eigenvalue weighted by Crippen LogP contribution is -2.34. The Morgan fingerprint density at radius 1 is 1.32 bits per heavy atom. The van der Waals surface area contributed by atoms with Crippen LogP contribution in [-0.2, 0) is 0 Å². The van der Waals surface area contributed by atoms with Crippen molar-refractivity contribution in [3.05, 3.63) is 24.3 Å². The monoisotopic (exact) mass is 303 g/mol. The van der Waals surface area contributed by atoms with Gasteiger partial charge in [0.2, 0.25) is 0 Å². The first-order valence-electron chi connectivity index (χ1n) is 8.17. The molecule has 1 unspecified atom stereocenters. The fraction of sp³-hybridized carbons (Fsp3) is 0.588. The Labute approximate surface area is 132 Å². The first-order chi connectivity index (χ1) is 10.7. The number of nitrogens with zero attached hydrogens (tertiary/aromatic N) is 2. The van der Waals surface area contributed by atoms with Gasteiger partial charge in [-0.2, -0.15) is 0 Å². The van der Waals surface area contributed by atoms with E-state index in [4.69, 9.17) is 4.74 Å². The molecule has 2 saturated heterocycles. The van der Waals surface area contributed by atoms with E-state index in [9.17, 15) is 4.79 Å². The lowest BCUT2D eigenvalue weighted by molar-refractivity contribution is 0.217. The molecule has 120 valence electrons. The van der Waals surface area contributed by atoms with Crippen molar-refractivity contribution in [3.63, 3.8) is 0 Å². The minimum absolute atomic E-state index is 0.00262. The Bertz CT molecular complexity index is 514. The lowest BCUT2D eigenvalue weighted by atomic mass is 10.1. The Balaban J connectivity index is 1.50. The van der Waals surface area contributed by atoms with Gasteiger partial charge >= 0.3 is 6.03 Å². The number of rotatable bonds is 4. The summed E-state index contributed by atoms with van der Waals surface area (Å²) in [6, 6.07) is 7.48. The third kappa shape index (κ3) is 3.71. The predicted octanol–water partition coefficient (Wildman–Crippen LogP) is 2.64. The molecule has 0 bridgehead atoms. The van der Waals surface area contributed by atoms with Gasteiger partial charge in [-0.1, -0.05) is 6.07 Å². The molecule has 5 nitrogen and oxygen atoms in total. The van der Waals surface area contributed by atoms with Crippen LogP contribution in [0.3, 0.4) is 0 Å². The lowest BCUT2D eigenvalue weighted by Gasteiger charge is -2.21. The number of ether oxygens (including phenoxy) is 1. The van der Waals surface area contributed by atoms with Crippen molar-refractivity contribution < 1.29 is 9.53 Å². The summed E-state index contributed by atoms with van der Waals surface area (Å²) in [7, 11) is 1.63. The van der Waals surface area contributed by atoms with Gasteiger partial charge in [0.25, 0.3) is 0 Å². The molecule has 5 heteroatoms. The number of carbonyl (C=O) groups excluding carboxylic acids is 1. The predicted molar refractivity (Wildman–Crippen MR) is 87.4 cm³/mol. The summed E-state index contributed by atoms with van der Waals surface area (Å²) in [5.74, 6) is 1.38. The van der Waals surface area contributed by atoms with Crippen molar-refractivity contribution >= 4 is 11.7 Å². The molecule has 0 radical (unpaired) electrons. The largest absolute Gasteiger partial charge is 0.497 e. The number of carbonyl (C=O) groups is 1. The third-order valence-corrected chi connectivity index (χ3v) is 4.61. The summed E-state index contributed by atoms with van der Waals surface area (Å²) in [5.41, 5.74) is 0.785. The van der Waals surface area contributed by atoms with Gasteiger partial charge in [-0.15, -0.1) is 0 Å². The summed E-state index contributed by atoms with van der Waals surface area (Å²) >= 11 is 0. The van der Waals surface area contributed by atoms with Gasteiger partial charge in [-0.05, 0) is 50.4 Å². The van der Waals surface area contributed by atoms with Crippen LogP contribution in [0.15, 0.2) is 24.3 Å². The average molecular weight is 303 g/mol. The number of benzene rings is 1. The molecule has 22 heavy (non-hydrogen) atoms. The highest BCUT2D eigenvalue weighted by Crippen LogP contribution is 2.22. The standard InChI is InChI=1S/C17H25N3O2/c1-22-16-6-4-5-15(11-16)18-17(21)20-10-7-14(13-20)12-19-8-2-3-9-19/h4-6,11,14H,2-3,7-10,12-13H2,1H3,(H,18,21). The summed E-state index contributed by atoms with van der Waals surface area (Å²) in [6.45, 7) is 5.32. The molecule has 2 aliphatic heterocycles. The van der Waals surface area contributed by atoms with Gasteiger partial charge in [0.15, 0.2) is 0 Å². The number of hydrogen-bond donors (Lipinski definition) is 1. The molecule has 3 rings (SSSR count). The maximum atomic E-state index is 12.4. The zero-order chi connectivity index (χ0) is 15.4. The van der Waals surface area contributed by atoms with E-state index in [0.29, 0.717) is 5.92 Å². The van der Waals surface area contributed by atoms with E-state index in [2.05, 4.69) is 10.2 Å². The van der Waals surface area contributed by atoms with Gasteiger partial charge < -0.3 is 19.9 Å². The van der Waals surface area contributed by atoms with Gasteiger partial charge in [0.1, 0.15) is 5.75 Å². The minimum Gasteiger partial charge on any atom is -0.497 e. The molecular weight excluding hydrogens is 278 g/mol. The molecule has 0 aromatic heterocycles. The van der Waals surface area contributed by atoms with E-state index in [1.165, 1.54) is 25.9 Å². The second kappa shape index (κ2) is 7.01. The molecule has 2 aliphatic rings. The van der Waals surface area contributed by atoms with Gasteiger partial charge in [-0.25, -0.2) is 4.79 Å². The molecule has 2 heterocycles. The highest BCUT2D eigenvalue weighted by molar-refractivity contribution is 5.89. The number of amides is 2. The van der Waals surface area contributed by atoms with E-state index < -0.39 is 0 Å². The molecule has 0 spiro atoms. The highest BCUT2D eigenvalue weighted by atomic mass is 16.5. The second-order valence-corrected chi connectivity index (χ2v) is 6.27. The Hall–Kier alpha value is -1.75. The number of nitrogens with one attached hydrogen (secondary N) is 1. The zero-order valence-corrected chi connectivity index (χ0v) is 13.3. The molecule has 1 N–H and O–H groups in total. The zero-order valence-electron chi connectivity index (χ0n) is 13.3. The van der Waals surface area contributed by atoms with Crippen LogP contribution in [0.5, 0.6) is 5.75 Å². The molecule has 2 amide bonds. The molecular formula is C17H25N3O2. The van der Waals surface area contributed by atoms with Crippen LogP contribution in [0, 0.1) is 5.92 Å². The quantitative estimate of drug-likeness (QED) is 0.930. The summed E-state index contributed by atoms with van der Waals surface area (Å²) in [5, 5.41) is 2.97. The van der Waals surface area contributed by atoms with Crippen LogP contribution in [-0.4, -0.2) is 55.7 Å². The van der Waals surface area contributed by atoms with E-state index in [-0.39, 0.29) is 6.03 Å². The molecule has 1 atom stereocenters. The number of methoxy groups -OCH3 is 1. The maximum absolute atomic E-state index is 12.4. The van der Waals surface area contributed by atoms with E-state index in [0.717, 1.165) is 37.5 Å². The normalized spacial score (nSPS) is 22.0. The number of likely N-dealkylation sites (tertiary alicyclic amines) is 2. The smallest absolute Gasteiger partial charge is 0.321 e. The molecule has 1 aromatic carbocycles. The first kappa shape index (κ1) is 15.2. The Morgan fingerprint density at radius 2 is 2.14 bits per heavy atom. The SMILES string of the molecule is COc1cccc(NC(=O)N2CCC(CN3CCCC3)C2)c1. The van der Waals surface area contributed by atoms with Crippen molar-refractivity contribution in [2.45, 2.75) is 19.3 Å². The van der Waals surface area contributed by atoms with Crippen LogP contribution >= 0.6 is 0 Å². The second-order valence-electron chi connectivity index (χ2n) is 6.27.